The number of nitrogens with two attached hydrogens (primary N) is 1. The van der Waals surface area contributed by atoms with Gasteiger partial charge in [0.25, 0.3) is 5.91 Å². The van der Waals surface area contributed by atoms with Gasteiger partial charge in [0, 0.05) is 26.8 Å². The van der Waals surface area contributed by atoms with Crippen LogP contribution in [0.2, 0.25) is 0 Å². The second kappa shape index (κ2) is 5.72. The normalized spacial score (nSPS) is 10.7. The van der Waals surface area contributed by atoms with E-state index in [1.54, 1.807) is 38.5 Å². The maximum atomic E-state index is 14.2. The minimum atomic E-state index is -0.458. The van der Waals surface area contributed by atoms with Crippen LogP contribution in [0.15, 0.2) is 28.9 Å². The summed E-state index contributed by atoms with van der Waals surface area (Å²) in [6.07, 6.45) is 1.55. The van der Waals surface area contributed by atoms with Crippen molar-refractivity contribution < 1.29 is 9.18 Å². The van der Waals surface area contributed by atoms with Crippen LogP contribution in [0.5, 0.6) is 0 Å². The summed E-state index contributed by atoms with van der Waals surface area (Å²) in [5, 5.41) is 4.09. The number of benzene rings is 1. The number of aromatic nitrogens is 2. The van der Waals surface area contributed by atoms with E-state index in [1.165, 1.54) is 9.58 Å². The molecule has 0 aliphatic rings. The van der Waals surface area contributed by atoms with Crippen LogP contribution >= 0.6 is 15.9 Å². The highest BCUT2D eigenvalue weighted by atomic mass is 79.9. The van der Waals surface area contributed by atoms with E-state index in [1.807, 2.05) is 0 Å². The summed E-state index contributed by atoms with van der Waals surface area (Å²) in [6.45, 7) is 0.237. The molecule has 2 aromatic rings. The van der Waals surface area contributed by atoms with Gasteiger partial charge < -0.3 is 10.6 Å². The summed E-state index contributed by atoms with van der Waals surface area (Å²) in [7, 11) is 3.27. The fourth-order valence-corrected chi connectivity index (χ4v) is 2.21. The molecular formula is C13H14BrFN4O. The molecule has 0 atom stereocenters. The van der Waals surface area contributed by atoms with Gasteiger partial charge in [-0.1, -0.05) is 6.07 Å². The molecular weight excluding hydrogens is 327 g/mol. The van der Waals surface area contributed by atoms with Gasteiger partial charge in [-0.3, -0.25) is 4.79 Å². The fourth-order valence-electron chi connectivity index (χ4n) is 1.72. The number of carbonyl (C=O) groups is 1. The number of nitrogens with zero attached hydrogens (tertiary/aromatic N) is 3. The highest BCUT2D eigenvalue weighted by molar-refractivity contribution is 9.10. The number of halogens is 2. The van der Waals surface area contributed by atoms with Gasteiger partial charge in [-0.05, 0) is 33.6 Å². The van der Waals surface area contributed by atoms with Crippen LogP contribution in [0.1, 0.15) is 16.1 Å². The third-order valence-electron chi connectivity index (χ3n) is 2.82. The van der Waals surface area contributed by atoms with Crippen molar-refractivity contribution in [2.75, 3.05) is 14.1 Å². The number of amides is 1. The molecule has 0 bridgehead atoms. The van der Waals surface area contributed by atoms with Crippen LogP contribution in [-0.2, 0) is 6.54 Å². The largest absolute Gasteiger partial charge is 0.343 e. The first-order chi connectivity index (χ1) is 9.45. The molecule has 0 fully saturated rings. The van der Waals surface area contributed by atoms with Gasteiger partial charge >= 0.3 is 0 Å². The Kier molecular flexibility index (Phi) is 4.20. The molecule has 7 heteroatoms. The summed E-state index contributed by atoms with van der Waals surface area (Å²) < 4.78 is 15.9. The second-order valence-electron chi connectivity index (χ2n) is 4.42. The van der Waals surface area contributed by atoms with Gasteiger partial charge in [-0.2, -0.15) is 5.10 Å². The van der Waals surface area contributed by atoms with E-state index in [2.05, 4.69) is 21.0 Å². The summed E-state index contributed by atoms with van der Waals surface area (Å²) in [4.78, 5) is 13.2. The van der Waals surface area contributed by atoms with E-state index in [-0.39, 0.29) is 23.8 Å². The Morgan fingerprint density at radius 2 is 2.15 bits per heavy atom. The molecule has 0 saturated carbocycles. The fraction of sp³-hybridized carbons (Fsp3) is 0.231. The van der Waals surface area contributed by atoms with E-state index >= 15 is 0 Å². The van der Waals surface area contributed by atoms with Crippen LogP contribution in [-0.4, -0.2) is 34.7 Å². The number of hydrogen-bond donors (Lipinski definition) is 1. The lowest BCUT2D eigenvalue weighted by Crippen LogP contribution is -2.22. The van der Waals surface area contributed by atoms with Crippen molar-refractivity contribution in [1.82, 2.24) is 14.7 Å². The SMILES string of the molecule is CN(C)C(=O)c1ccn(-c2ccc(CN)c(Br)c2F)n1. The maximum absolute atomic E-state index is 14.2. The summed E-state index contributed by atoms with van der Waals surface area (Å²) >= 11 is 3.18. The van der Waals surface area contributed by atoms with Crippen molar-refractivity contribution in [2.24, 2.45) is 5.73 Å². The number of rotatable bonds is 3. The zero-order valence-corrected chi connectivity index (χ0v) is 12.7. The molecule has 0 unspecified atom stereocenters. The Bertz CT molecular complexity index is 654. The number of hydrogen-bond acceptors (Lipinski definition) is 3. The predicted molar refractivity (Wildman–Crippen MR) is 77.1 cm³/mol. The lowest BCUT2D eigenvalue weighted by Gasteiger charge is -2.09. The lowest BCUT2D eigenvalue weighted by molar-refractivity contribution is 0.0821. The Balaban J connectivity index is 2.43. The Labute approximate surface area is 124 Å². The topological polar surface area (TPSA) is 64.2 Å². The lowest BCUT2D eigenvalue weighted by atomic mass is 10.2. The third kappa shape index (κ3) is 2.59. The monoisotopic (exact) mass is 340 g/mol. The molecule has 5 nitrogen and oxygen atoms in total. The quantitative estimate of drug-likeness (QED) is 0.928. The van der Waals surface area contributed by atoms with Gasteiger partial charge in [0.2, 0.25) is 0 Å². The van der Waals surface area contributed by atoms with E-state index in [9.17, 15) is 9.18 Å². The van der Waals surface area contributed by atoms with Crippen LogP contribution in [0.4, 0.5) is 4.39 Å². The van der Waals surface area contributed by atoms with Crippen LogP contribution in [0.3, 0.4) is 0 Å². The average Bonchev–Trinajstić information content (AvgIpc) is 2.90. The van der Waals surface area contributed by atoms with Crippen molar-refractivity contribution >= 4 is 21.8 Å². The first kappa shape index (κ1) is 14.7. The predicted octanol–water partition coefficient (Wildman–Crippen LogP) is 1.93. The molecule has 1 heterocycles. The van der Waals surface area contributed by atoms with Crippen molar-refractivity contribution in [3.63, 3.8) is 0 Å². The van der Waals surface area contributed by atoms with Crippen LogP contribution in [0.25, 0.3) is 5.69 Å². The van der Waals surface area contributed by atoms with Crippen LogP contribution in [0, 0.1) is 5.82 Å². The average molecular weight is 341 g/mol. The molecule has 2 N–H and O–H groups in total. The molecule has 0 aliphatic carbocycles. The van der Waals surface area contributed by atoms with Crippen molar-refractivity contribution in [2.45, 2.75) is 6.54 Å². The zero-order chi connectivity index (χ0) is 14.9. The smallest absolute Gasteiger partial charge is 0.273 e. The van der Waals surface area contributed by atoms with Crippen LogP contribution < -0.4 is 5.73 Å². The Morgan fingerprint density at radius 3 is 2.75 bits per heavy atom. The van der Waals surface area contributed by atoms with Crippen molar-refractivity contribution in [1.29, 1.82) is 0 Å². The van der Waals surface area contributed by atoms with Crippen molar-refractivity contribution in [3.8, 4) is 5.69 Å². The standard InChI is InChI=1S/C13H14BrFN4O/c1-18(2)13(20)9-5-6-19(17-9)10-4-3-8(7-16)11(14)12(10)15/h3-6H,7,16H2,1-2H3. The molecule has 1 amide bonds. The molecule has 1 aromatic carbocycles. The Hall–Kier alpha value is -1.73. The molecule has 106 valence electrons. The first-order valence-electron chi connectivity index (χ1n) is 5.90. The van der Waals surface area contributed by atoms with Gasteiger partial charge in [-0.15, -0.1) is 0 Å². The van der Waals surface area contributed by atoms with Gasteiger partial charge in [0.05, 0.1) is 4.47 Å². The maximum Gasteiger partial charge on any atom is 0.273 e. The van der Waals surface area contributed by atoms with E-state index in [4.69, 9.17) is 5.73 Å². The van der Waals surface area contributed by atoms with Crippen molar-refractivity contribution in [3.05, 3.63) is 45.9 Å². The van der Waals surface area contributed by atoms with E-state index in [0.29, 0.717) is 10.0 Å². The third-order valence-corrected chi connectivity index (χ3v) is 3.68. The highest BCUT2D eigenvalue weighted by Crippen LogP contribution is 2.25. The first-order valence-corrected chi connectivity index (χ1v) is 6.69. The van der Waals surface area contributed by atoms with E-state index < -0.39 is 5.82 Å². The molecule has 0 radical (unpaired) electrons. The Morgan fingerprint density at radius 1 is 1.45 bits per heavy atom. The summed E-state index contributed by atoms with van der Waals surface area (Å²) in [6, 6.07) is 4.85. The molecule has 0 saturated heterocycles. The second-order valence-corrected chi connectivity index (χ2v) is 5.21. The highest BCUT2D eigenvalue weighted by Gasteiger charge is 2.16. The molecule has 2 rings (SSSR count). The molecule has 1 aromatic heterocycles. The van der Waals surface area contributed by atoms with E-state index in [0.717, 1.165) is 0 Å². The zero-order valence-electron chi connectivity index (χ0n) is 11.1. The van der Waals surface area contributed by atoms with Gasteiger partial charge in [0.1, 0.15) is 5.69 Å². The minimum Gasteiger partial charge on any atom is -0.343 e. The molecule has 20 heavy (non-hydrogen) atoms. The minimum absolute atomic E-state index is 0.234. The molecule has 0 spiro atoms. The summed E-state index contributed by atoms with van der Waals surface area (Å²) in [5.41, 5.74) is 6.70. The number of carbonyl (C=O) groups excluding carboxylic acids is 1. The molecule has 0 aliphatic heterocycles. The van der Waals surface area contributed by atoms with Gasteiger partial charge in [0.15, 0.2) is 11.5 Å². The summed E-state index contributed by atoms with van der Waals surface area (Å²) in [5.74, 6) is -0.693. The van der Waals surface area contributed by atoms with Gasteiger partial charge in [-0.25, -0.2) is 9.07 Å².